The quantitative estimate of drug-likeness (QED) is 0.669. The van der Waals surface area contributed by atoms with Crippen LogP contribution in [0.15, 0.2) is 41.4 Å². The van der Waals surface area contributed by atoms with Crippen molar-refractivity contribution in [3.63, 3.8) is 0 Å². The number of hydrogen-bond donors (Lipinski definition) is 0. The number of ether oxygens (including phenoxy) is 1. The summed E-state index contributed by atoms with van der Waals surface area (Å²) in [6.07, 6.45) is 2.79. The Bertz CT molecular complexity index is 650. The number of benzene rings is 2. The standard InChI is InChI=1S/C18H20ClNO/c1-4-9-21-18-8-7-16(19)11-15(18)12-20-17-10-13(2)5-6-14(17)3/h5-8,10-12H,4,9H2,1-3H3. The van der Waals surface area contributed by atoms with Gasteiger partial charge in [-0.15, -0.1) is 0 Å². The van der Waals surface area contributed by atoms with E-state index in [1.807, 2.05) is 24.4 Å². The molecule has 0 N–H and O–H groups in total. The fraction of sp³-hybridized carbons (Fsp3) is 0.278. The van der Waals surface area contributed by atoms with Gasteiger partial charge in [0.2, 0.25) is 0 Å². The normalized spacial score (nSPS) is 11.0. The van der Waals surface area contributed by atoms with E-state index in [0.717, 1.165) is 29.0 Å². The molecule has 0 saturated heterocycles. The van der Waals surface area contributed by atoms with Gasteiger partial charge >= 0.3 is 0 Å². The second-order valence-corrected chi connectivity index (χ2v) is 5.52. The van der Waals surface area contributed by atoms with Gasteiger partial charge in [0, 0.05) is 16.8 Å². The van der Waals surface area contributed by atoms with Gasteiger partial charge in [0.1, 0.15) is 5.75 Å². The van der Waals surface area contributed by atoms with E-state index in [9.17, 15) is 0 Å². The van der Waals surface area contributed by atoms with Gasteiger partial charge in [-0.05, 0) is 55.7 Å². The molecule has 0 atom stereocenters. The van der Waals surface area contributed by atoms with Crippen LogP contribution in [-0.4, -0.2) is 12.8 Å². The molecule has 2 aromatic carbocycles. The fourth-order valence-electron chi connectivity index (χ4n) is 1.96. The van der Waals surface area contributed by atoms with Crippen molar-refractivity contribution in [2.75, 3.05) is 6.61 Å². The summed E-state index contributed by atoms with van der Waals surface area (Å²) in [6.45, 7) is 6.89. The van der Waals surface area contributed by atoms with Gasteiger partial charge in [0.15, 0.2) is 0 Å². The minimum Gasteiger partial charge on any atom is -0.493 e. The van der Waals surface area contributed by atoms with Gasteiger partial charge in [-0.25, -0.2) is 0 Å². The van der Waals surface area contributed by atoms with E-state index in [1.165, 1.54) is 5.56 Å². The highest BCUT2D eigenvalue weighted by Crippen LogP contribution is 2.24. The van der Waals surface area contributed by atoms with Crippen molar-refractivity contribution in [2.24, 2.45) is 4.99 Å². The Morgan fingerprint density at radius 2 is 1.95 bits per heavy atom. The lowest BCUT2D eigenvalue weighted by atomic mass is 10.1. The lowest BCUT2D eigenvalue weighted by Crippen LogP contribution is -1.98. The molecule has 0 aliphatic rings. The van der Waals surface area contributed by atoms with Gasteiger partial charge in [-0.3, -0.25) is 4.99 Å². The Morgan fingerprint density at radius 1 is 1.14 bits per heavy atom. The highest BCUT2D eigenvalue weighted by atomic mass is 35.5. The van der Waals surface area contributed by atoms with Crippen molar-refractivity contribution in [3.8, 4) is 5.75 Å². The zero-order chi connectivity index (χ0) is 15.2. The van der Waals surface area contributed by atoms with Gasteiger partial charge < -0.3 is 4.74 Å². The molecular formula is C18H20ClNO. The minimum atomic E-state index is 0.682. The third-order valence-electron chi connectivity index (χ3n) is 3.14. The predicted octanol–water partition coefficient (Wildman–Crippen LogP) is 5.50. The largest absolute Gasteiger partial charge is 0.493 e. The number of aliphatic imine (C=N–C) groups is 1. The highest BCUT2D eigenvalue weighted by molar-refractivity contribution is 6.30. The number of halogens is 1. The lowest BCUT2D eigenvalue weighted by Gasteiger charge is -2.08. The Kier molecular flexibility index (Phi) is 5.40. The molecule has 0 heterocycles. The summed E-state index contributed by atoms with van der Waals surface area (Å²) >= 11 is 6.07. The maximum atomic E-state index is 6.07. The van der Waals surface area contributed by atoms with Crippen molar-refractivity contribution in [1.29, 1.82) is 0 Å². The van der Waals surface area contributed by atoms with Crippen molar-refractivity contribution in [1.82, 2.24) is 0 Å². The zero-order valence-electron chi connectivity index (χ0n) is 12.7. The molecule has 0 bridgehead atoms. The van der Waals surface area contributed by atoms with Crippen LogP contribution >= 0.6 is 11.6 Å². The third-order valence-corrected chi connectivity index (χ3v) is 3.38. The van der Waals surface area contributed by atoms with Gasteiger partial charge in [-0.1, -0.05) is 30.7 Å². The zero-order valence-corrected chi connectivity index (χ0v) is 13.4. The second-order valence-electron chi connectivity index (χ2n) is 5.08. The van der Waals surface area contributed by atoms with Gasteiger partial charge in [0.25, 0.3) is 0 Å². The number of aryl methyl sites for hydroxylation is 2. The summed E-state index contributed by atoms with van der Waals surface area (Å²) in [7, 11) is 0. The van der Waals surface area contributed by atoms with Crippen LogP contribution in [0.2, 0.25) is 5.02 Å². The van der Waals surface area contributed by atoms with Crippen molar-refractivity contribution in [2.45, 2.75) is 27.2 Å². The van der Waals surface area contributed by atoms with Crippen LogP contribution in [0.3, 0.4) is 0 Å². The van der Waals surface area contributed by atoms with E-state index in [2.05, 4.69) is 44.0 Å². The maximum absolute atomic E-state index is 6.07. The molecule has 110 valence electrons. The molecule has 0 saturated carbocycles. The first-order valence-corrected chi connectivity index (χ1v) is 7.51. The van der Waals surface area contributed by atoms with Gasteiger partial charge in [-0.2, -0.15) is 0 Å². The molecular weight excluding hydrogens is 282 g/mol. The van der Waals surface area contributed by atoms with Crippen LogP contribution in [0.5, 0.6) is 5.75 Å². The van der Waals surface area contributed by atoms with E-state index in [-0.39, 0.29) is 0 Å². The minimum absolute atomic E-state index is 0.682. The summed E-state index contributed by atoms with van der Waals surface area (Å²) in [5, 5.41) is 0.682. The maximum Gasteiger partial charge on any atom is 0.128 e. The third kappa shape index (κ3) is 4.33. The first kappa shape index (κ1) is 15.6. The molecule has 0 radical (unpaired) electrons. The molecule has 0 unspecified atom stereocenters. The molecule has 0 aliphatic carbocycles. The first-order chi connectivity index (χ1) is 10.1. The van der Waals surface area contributed by atoms with Crippen molar-refractivity contribution < 1.29 is 4.74 Å². The van der Waals surface area contributed by atoms with E-state index in [1.54, 1.807) is 0 Å². The Morgan fingerprint density at radius 3 is 2.71 bits per heavy atom. The molecule has 2 nitrogen and oxygen atoms in total. The van der Waals surface area contributed by atoms with Crippen LogP contribution < -0.4 is 4.74 Å². The SMILES string of the molecule is CCCOc1ccc(Cl)cc1C=Nc1cc(C)ccc1C. The summed E-state index contributed by atoms with van der Waals surface area (Å²) in [4.78, 5) is 4.58. The molecule has 2 aromatic rings. The highest BCUT2D eigenvalue weighted by Gasteiger charge is 2.03. The average molecular weight is 302 g/mol. The van der Waals surface area contributed by atoms with Crippen molar-refractivity contribution >= 4 is 23.5 Å². The monoisotopic (exact) mass is 301 g/mol. The Balaban J connectivity index is 2.31. The van der Waals surface area contributed by atoms with E-state index in [4.69, 9.17) is 16.3 Å². The molecule has 0 spiro atoms. The molecule has 0 aliphatic heterocycles. The van der Waals surface area contributed by atoms with E-state index in [0.29, 0.717) is 11.6 Å². The fourth-order valence-corrected chi connectivity index (χ4v) is 2.14. The smallest absolute Gasteiger partial charge is 0.128 e. The van der Waals surface area contributed by atoms with Gasteiger partial charge in [0.05, 0.1) is 12.3 Å². The van der Waals surface area contributed by atoms with E-state index < -0.39 is 0 Å². The number of nitrogens with zero attached hydrogens (tertiary/aromatic N) is 1. The molecule has 21 heavy (non-hydrogen) atoms. The Labute approximate surface area is 131 Å². The summed E-state index contributed by atoms with van der Waals surface area (Å²) in [5.41, 5.74) is 4.21. The van der Waals surface area contributed by atoms with Crippen LogP contribution in [0, 0.1) is 13.8 Å². The van der Waals surface area contributed by atoms with Crippen molar-refractivity contribution in [3.05, 3.63) is 58.1 Å². The van der Waals surface area contributed by atoms with Crippen LogP contribution in [-0.2, 0) is 0 Å². The average Bonchev–Trinajstić information content (AvgIpc) is 2.47. The number of hydrogen-bond acceptors (Lipinski definition) is 2. The Hall–Kier alpha value is -1.80. The summed E-state index contributed by atoms with van der Waals surface area (Å²) < 4.78 is 5.73. The van der Waals surface area contributed by atoms with E-state index >= 15 is 0 Å². The topological polar surface area (TPSA) is 21.6 Å². The summed E-state index contributed by atoms with van der Waals surface area (Å²) in [6, 6.07) is 11.8. The first-order valence-electron chi connectivity index (χ1n) is 7.14. The van der Waals surface area contributed by atoms with Crippen LogP contribution in [0.4, 0.5) is 5.69 Å². The van der Waals surface area contributed by atoms with Crippen LogP contribution in [0.25, 0.3) is 0 Å². The molecule has 0 aromatic heterocycles. The summed E-state index contributed by atoms with van der Waals surface area (Å²) in [5.74, 6) is 0.815. The lowest BCUT2D eigenvalue weighted by molar-refractivity contribution is 0.317. The predicted molar refractivity (Wildman–Crippen MR) is 90.4 cm³/mol. The molecule has 0 amide bonds. The second kappa shape index (κ2) is 7.28. The number of rotatable bonds is 5. The molecule has 3 heteroatoms. The molecule has 2 rings (SSSR count). The molecule has 0 fully saturated rings. The van der Waals surface area contributed by atoms with Crippen LogP contribution in [0.1, 0.15) is 30.0 Å².